The number of hydrogen-bond donors (Lipinski definition) is 2. The lowest BCUT2D eigenvalue weighted by molar-refractivity contribution is 0.371. The van der Waals surface area contributed by atoms with Crippen molar-refractivity contribution in [1.29, 1.82) is 0 Å². The van der Waals surface area contributed by atoms with Crippen LogP contribution in [0.5, 0.6) is 11.5 Å². The fourth-order valence-corrected chi connectivity index (χ4v) is 2.23. The fourth-order valence-electron chi connectivity index (χ4n) is 2.23. The summed E-state index contributed by atoms with van der Waals surface area (Å²) in [5.41, 5.74) is 3.20. The number of benzene rings is 2. The molecule has 3 heteroatoms. The van der Waals surface area contributed by atoms with E-state index >= 15 is 0 Å². The predicted molar refractivity (Wildman–Crippen MR) is 82.5 cm³/mol. The first-order chi connectivity index (χ1) is 9.63. The van der Waals surface area contributed by atoms with Crippen LogP contribution >= 0.6 is 0 Å². The van der Waals surface area contributed by atoms with Gasteiger partial charge in [0.05, 0.1) is 7.11 Å². The monoisotopic (exact) mass is 271 g/mol. The van der Waals surface area contributed by atoms with Crippen LogP contribution in [-0.4, -0.2) is 12.2 Å². The molecule has 0 heterocycles. The summed E-state index contributed by atoms with van der Waals surface area (Å²) in [6.45, 7) is 4.90. The van der Waals surface area contributed by atoms with Gasteiger partial charge in [-0.1, -0.05) is 44.2 Å². The Morgan fingerprint density at radius 1 is 1.10 bits per heavy atom. The molecule has 20 heavy (non-hydrogen) atoms. The zero-order valence-corrected chi connectivity index (χ0v) is 12.2. The molecule has 0 aliphatic carbocycles. The lowest BCUT2D eigenvalue weighted by atomic mass is 10.0. The van der Waals surface area contributed by atoms with E-state index in [1.165, 1.54) is 5.56 Å². The van der Waals surface area contributed by atoms with Crippen molar-refractivity contribution < 1.29 is 9.84 Å². The normalized spacial score (nSPS) is 10.6. The third-order valence-corrected chi connectivity index (χ3v) is 3.35. The molecule has 0 aliphatic rings. The van der Waals surface area contributed by atoms with Gasteiger partial charge in [0.15, 0.2) is 11.5 Å². The van der Waals surface area contributed by atoms with Gasteiger partial charge in [0, 0.05) is 17.8 Å². The van der Waals surface area contributed by atoms with E-state index in [1.54, 1.807) is 13.2 Å². The van der Waals surface area contributed by atoms with Crippen LogP contribution < -0.4 is 10.1 Å². The first kappa shape index (κ1) is 14.3. The highest BCUT2D eigenvalue weighted by Gasteiger charge is 2.09. The van der Waals surface area contributed by atoms with Crippen LogP contribution in [0.15, 0.2) is 42.5 Å². The fraction of sp³-hybridized carbons (Fsp3) is 0.294. The van der Waals surface area contributed by atoms with Crippen molar-refractivity contribution in [3.8, 4) is 11.5 Å². The van der Waals surface area contributed by atoms with Crippen molar-refractivity contribution in [1.82, 2.24) is 0 Å². The maximum atomic E-state index is 10.1. The topological polar surface area (TPSA) is 41.5 Å². The maximum absolute atomic E-state index is 10.1. The van der Waals surface area contributed by atoms with Crippen LogP contribution in [0.25, 0.3) is 0 Å². The first-order valence-electron chi connectivity index (χ1n) is 6.81. The molecule has 3 nitrogen and oxygen atoms in total. The molecule has 0 amide bonds. The van der Waals surface area contributed by atoms with Crippen LogP contribution in [-0.2, 0) is 6.54 Å². The summed E-state index contributed by atoms with van der Waals surface area (Å²) in [5.74, 6) is 1.16. The zero-order valence-electron chi connectivity index (χ0n) is 12.2. The molecule has 0 aliphatic heterocycles. The summed E-state index contributed by atoms with van der Waals surface area (Å²) < 4.78 is 5.12. The van der Waals surface area contributed by atoms with Gasteiger partial charge < -0.3 is 15.2 Å². The van der Waals surface area contributed by atoms with Gasteiger partial charge in [-0.2, -0.15) is 0 Å². The summed E-state index contributed by atoms with van der Waals surface area (Å²) in [7, 11) is 1.56. The minimum absolute atomic E-state index is 0.199. The number of aromatic hydroxyl groups is 1. The second-order valence-electron chi connectivity index (χ2n) is 5.06. The van der Waals surface area contributed by atoms with Gasteiger partial charge in [-0.3, -0.25) is 0 Å². The second-order valence-corrected chi connectivity index (χ2v) is 5.06. The van der Waals surface area contributed by atoms with Gasteiger partial charge in [0.25, 0.3) is 0 Å². The van der Waals surface area contributed by atoms with Crippen LogP contribution in [0, 0.1) is 0 Å². The largest absolute Gasteiger partial charge is 0.504 e. The van der Waals surface area contributed by atoms with Crippen molar-refractivity contribution >= 4 is 5.69 Å². The number of methoxy groups -OCH3 is 1. The van der Waals surface area contributed by atoms with Crippen molar-refractivity contribution in [2.75, 3.05) is 12.4 Å². The number of hydrogen-bond acceptors (Lipinski definition) is 3. The van der Waals surface area contributed by atoms with E-state index in [-0.39, 0.29) is 5.75 Å². The van der Waals surface area contributed by atoms with Crippen LogP contribution in [0.2, 0.25) is 0 Å². The molecular formula is C17H21NO2. The minimum Gasteiger partial charge on any atom is -0.504 e. The van der Waals surface area contributed by atoms with Crippen LogP contribution in [0.1, 0.15) is 30.9 Å². The average Bonchev–Trinajstić information content (AvgIpc) is 2.46. The van der Waals surface area contributed by atoms with Crippen LogP contribution in [0.4, 0.5) is 5.69 Å². The minimum atomic E-state index is 0.199. The van der Waals surface area contributed by atoms with Gasteiger partial charge >= 0.3 is 0 Å². The third-order valence-electron chi connectivity index (χ3n) is 3.35. The van der Waals surface area contributed by atoms with E-state index in [9.17, 15) is 5.11 Å². The van der Waals surface area contributed by atoms with Gasteiger partial charge in [-0.05, 0) is 23.6 Å². The lowest BCUT2D eigenvalue weighted by Crippen LogP contribution is -2.03. The molecule has 0 fully saturated rings. The highest BCUT2D eigenvalue weighted by Crippen LogP contribution is 2.30. The smallest absolute Gasteiger partial charge is 0.162 e. The maximum Gasteiger partial charge on any atom is 0.162 e. The number of nitrogens with one attached hydrogen (secondary N) is 1. The van der Waals surface area contributed by atoms with Gasteiger partial charge in [-0.15, -0.1) is 0 Å². The number of ether oxygens (including phenoxy) is 1. The Labute approximate surface area is 120 Å². The summed E-state index contributed by atoms with van der Waals surface area (Å²) in [6.07, 6.45) is 0. The summed E-state index contributed by atoms with van der Waals surface area (Å²) in [5, 5.41) is 13.5. The summed E-state index contributed by atoms with van der Waals surface area (Å²) in [6, 6.07) is 13.8. The number of rotatable bonds is 5. The van der Waals surface area contributed by atoms with E-state index in [1.807, 2.05) is 24.3 Å². The highest BCUT2D eigenvalue weighted by atomic mass is 16.5. The van der Waals surface area contributed by atoms with E-state index < -0.39 is 0 Å². The molecule has 2 aromatic rings. The molecule has 0 saturated heterocycles. The number of phenolic OH excluding ortho intramolecular Hbond substituents is 1. The molecule has 0 atom stereocenters. The molecule has 0 saturated carbocycles. The first-order valence-corrected chi connectivity index (χ1v) is 6.81. The molecule has 0 radical (unpaired) electrons. The van der Waals surface area contributed by atoms with E-state index in [2.05, 4.69) is 31.3 Å². The Balaban J connectivity index is 2.17. The van der Waals surface area contributed by atoms with Gasteiger partial charge in [-0.25, -0.2) is 0 Å². The van der Waals surface area contributed by atoms with Crippen molar-refractivity contribution in [2.24, 2.45) is 0 Å². The summed E-state index contributed by atoms with van der Waals surface area (Å²) >= 11 is 0. The average molecular weight is 271 g/mol. The van der Waals surface area contributed by atoms with E-state index in [4.69, 9.17) is 4.74 Å². The van der Waals surface area contributed by atoms with Gasteiger partial charge in [0.1, 0.15) is 0 Å². The SMILES string of the molecule is COc1cccc(CNc2ccccc2C(C)C)c1O. The van der Waals surface area contributed by atoms with Crippen molar-refractivity contribution in [3.05, 3.63) is 53.6 Å². The Bertz CT molecular complexity index is 579. The number of para-hydroxylation sites is 2. The molecular weight excluding hydrogens is 250 g/mol. The van der Waals surface area contributed by atoms with E-state index in [0.29, 0.717) is 18.2 Å². The molecule has 2 aromatic carbocycles. The molecule has 2 rings (SSSR count). The molecule has 0 aromatic heterocycles. The lowest BCUT2D eigenvalue weighted by Gasteiger charge is -2.15. The quantitative estimate of drug-likeness (QED) is 0.859. The van der Waals surface area contributed by atoms with Crippen molar-refractivity contribution in [3.63, 3.8) is 0 Å². The molecule has 2 N–H and O–H groups in total. The Morgan fingerprint density at radius 2 is 1.85 bits per heavy atom. The Hall–Kier alpha value is -2.16. The standard InChI is InChI=1S/C17H21NO2/c1-12(2)14-8-4-5-9-15(14)18-11-13-7-6-10-16(20-3)17(13)19/h4-10,12,18-19H,11H2,1-3H3. The van der Waals surface area contributed by atoms with Gasteiger partial charge in [0.2, 0.25) is 0 Å². The number of phenols is 1. The zero-order chi connectivity index (χ0) is 14.5. The third kappa shape index (κ3) is 3.05. The predicted octanol–water partition coefficient (Wildman–Crippen LogP) is 4.14. The Morgan fingerprint density at radius 3 is 2.55 bits per heavy atom. The Kier molecular flexibility index (Phi) is 4.51. The summed E-state index contributed by atoms with van der Waals surface area (Å²) in [4.78, 5) is 0. The molecule has 106 valence electrons. The molecule has 0 bridgehead atoms. The van der Waals surface area contributed by atoms with E-state index in [0.717, 1.165) is 11.3 Å². The second kappa shape index (κ2) is 6.33. The number of anilines is 1. The van der Waals surface area contributed by atoms with Crippen LogP contribution in [0.3, 0.4) is 0 Å². The molecule has 0 spiro atoms. The molecule has 0 unspecified atom stereocenters. The van der Waals surface area contributed by atoms with Crippen molar-refractivity contribution in [2.45, 2.75) is 26.3 Å². The highest BCUT2D eigenvalue weighted by molar-refractivity contribution is 5.54.